The molecule has 226 valence electrons. The minimum atomic E-state index is -1.41. The van der Waals surface area contributed by atoms with Crippen LogP contribution in [0, 0.1) is 5.92 Å². The fourth-order valence-corrected chi connectivity index (χ4v) is 4.00. The Kier molecular flexibility index (Phi) is 12.4. The van der Waals surface area contributed by atoms with Gasteiger partial charge >= 0.3 is 0 Å². The second kappa shape index (κ2) is 15.5. The Morgan fingerprint density at radius 2 is 1.19 bits per heavy atom. The third kappa shape index (κ3) is 10.8. The van der Waals surface area contributed by atoms with Gasteiger partial charge in [0, 0.05) is 19.3 Å². The lowest BCUT2D eigenvalue weighted by atomic mass is 10.0. The van der Waals surface area contributed by atoms with E-state index in [2.05, 4.69) is 21.3 Å². The van der Waals surface area contributed by atoms with Crippen molar-refractivity contribution in [1.82, 2.24) is 21.3 Å². The molecular formula is C31H41N5O6. The van der Waals surface area contributed by atoms with E-state index in [0.717, 1.165) is 5.56 Å². The molecule has 0 saturated heterocycles. The van der Waals surface area contributed by atoms with Gasteiger partial charge in [-0.25, -0.2) is 0 Å². The van der Waals surface area contributed by atoms with Crippen molar-refractivity contribution in [3.05, 3.63) is 71.8 Å². The number of hydrogen-bond acceptors (Lipinski definition) is 6. The van der Waals surface area contributed by atoms with Crippen molar-refractivity contribution in [3.63, 3.8) is 0 Å². The van der Waals surface area contributed by atoms with E-state index in [1.165, 1.54) is 20.8 Å². The van der Waals surface area contributed by atoms with Gasteiger partial charge in [0.15, 0.2) is 0 Å². The second-order valence-corrected chi connectivity index (χ2v) is 11.2. The Balaban J connectivity index is 2.15. The number of carbonyl (C=O) groups is 6. The van der Waals surface area contributed by atoms with Gasteiger partial charge in [-0.3, -0.25) is 28.8 Å². The topological polar surface area (TPSA) is 177 Å². The number of ketones is 1. The first-order valence-electron chi connectivity index (χ1n) is 13.8. The normalized spacial score (nSPS) is 13.3. The number of rotatable bonds is 15. The number of nitrogens with one attached hydrogen (secondary N) is 4. The maximum atomic E-state index is 13.2. The van der Waals surface area contributed by atoms with Crippen LogP contribution in [0.25, 0.3) is 0 Å². The summed E-state index contributed by atoms with van der Waals surface area (Å²) in [6, 6.07) is 14.4. The quantitative estimate of drug-likeness (QED) is 0.196. The molecule has 0 saturated carbocycles. The zero-order valence-corrected chi connectivity index (χ0v) is 24.7. The molecular weight excluding hydrogens is 538 g/mol. The molecule has 42 heavy (non-hydrogen) atoms. The molecule has 6 N–H and O–H groups in total. The number of Topliss-reactive ketones (excluding diaryl/α,β-unsaturated/α-hetero) is 1. The van der Waals surface area contributed by atoms with Gasteiger partial charge in [0.05, 0.1) is 6.04 Å². The Morgan fingerprint density at radius 3 is 1.64 bits per heavy atom. The molecule has 2 aromatic rings. The average molecular weight is 580 g/mol. The second-order valence-electron chi connectivity index (χ2n) is 11.2. The maximum Gasteiger partial charge on any atom is 0.290 e. The van der Waals surface area contributed by atoms with Crippen LogP contribution in [0.4, 0.5) is 0 Å². The van der Waals surface area contributed by atoms with Crippen LogP contribution >= 0.6 is 0 Å². The van der Waals surface area contributed by atoms with E-state index >= 15 is 0 Å². The van der Waals surface area contributed by atoms with Crippen molar-refractivity contribution >= 4 is 35.3 Å². The Hall–Kier alpha value is -4.54. The molecule has 0 aliphatic carbocycles. The van der Waals surface area contributed by atoms with Crippen molar-refractivity contribution in [2.75, 3.05) is 0 Å². The minimum Gasteiger partial charge on any atom is -0.368 e. The van der Waals surface area contributed by atoms with Crippen LogP contribution in [0.3, 0.4) is 0 Å². The molecule has 0 fully saturated rings. The van der Waals surface area contributed by atoms with Crippen molar-refractivity contribution < 1.29 is 28.8 Å². The van der Waals surface area contributed by atoms with Gasteiger partial charge in [0.1, 0.15) is 17.6 Å². The monoisotopic (exact) mass is 579 g/mol. The van der Waals surface area contributed by atoms with E-state index < -0.39 is 53.1 Å². The number of benzene rings is 2. The van der Waals surface area contributed by atoms with E-state index in [1.54, 1.807) is 30.3 Å². The highest BCUT2D eigenvalue weighted by molar-refractivity contribution is 6.38. The SMILES string of the molecule is CC(C)CC(=O)N[C@@H](Cc1ccccc1)C(=O)NC(C)C(=O)C(=O)N[C@@H](Cc1ccccc1)C(=O)NC(C)(C)C(N)=O. The van der Waals surface area contributed by atoms with Gasteiger partial charge < -0.3 is 27.0 Å². The van der Waals surface area contributed by atoms with Gasteiger partial charge in [0.25, 0.3) is 5.91 Å². The molecule has 0 aliphatic heterocycles. The molecule has 11 nitrogen and oxygen atoms in total. The highest BCUT2D eigenvalue weighted by atomic mass is 16.2. The average Bonchev–Trinajstić information content (AvgIpc) is 2.92. The van der Waals surface area contributed by atoms with Gasteiger partial charge in [-0.05, 0) is 37.8 Å². The van der Waals surface area contributed by atoms with Crippen LogP contribution in [0.15, 0.2) is 60.7 Å². The van der Waals surface area contributed by atoms with Crippen LogP contribution in [0.2, 0.25) is 0 Å². The van der Waals surface area contributed by atoms with Gasteiger partial charge in [-0.1, -0.05) is 74.5 Å². The minimum absolute atomic E-state index is 0.0301. The summed E-state index contributed by atoms with van der Waals surface area (Å²) in [5.41, 5.74) is 5.46. The molecule has 1 unspecified atom stereocenters. The number of nitrogens with two attached hydrogens (primary N) is 1. The lowest BCUT2D eigenvalue weighted by Crippen LogP contribution is -2.60. The third-order valence-electron chi connectivity index (χ3n) is 6.46. The third-order valence-corrected chi connectivity index (χ3v) is 6.46. The van der Waals surface area contributed by atoms with Crippen molar-refractivity contribution in [3.8, 4) is 0 Å². The summed E-state index contributed by atoms with van der Waals surface area (Å²) >= 11 is 0. The molecule has 3 atom stereocenters. The molecule has 0 heterocycles. The zero-order chi connectivity index (χ0) is 31.4. The predicted molar refractivity (Wildman–Crippen MR) is 158 cm³/mol. The molecule has 5 amide bonds. The summed E-state index contributed by atoms with van der Waals surface area (Å²) < 4.78 is 0. The number of amides is 5. The van der Waals surface area contributed by atoms with E-state index in [0.29, 0.717) is 5.56 Å². The standard InChI is InChI=1S/C31H41N5O6/c1-19(2)16-25(37)34-23(17-21-12-8-6-9-13-21)27(39)33-20(3)26(38)29(41)35-24(18-22-14-10-7-11-15-22)28(40)36-31(4,5)30(32)42/h6-15,19-20,23-24H,16-18H2,1-5H3,(H2,32,42)(H,33,39)(H,34,37)(H,35,41)(H,36,40)/t20?,23-,24-/m0/s1. The fourth-order valence-electron chi connectivity index (χ4n) is 4.00. The first kappa shape index (κ1) is 33.7. The van der Waals surface area contributed by atoms with Crippen molar-refractivity contribution in [2.24, 2.45) is 11.7 Å². The van der Waals surface area contributed by atoms with Gasteiger partial charge in [-0.2, -0.15) is 0 Å². The molecule has 0 aliphatic rings. The Morgan fingerprint density at radius 1 is 0.714 bits per heavy atom. The highest BCUT2D eigenvalue weighted by Gasteiger charge is 2.34. The summed E-state index contributed by atoms with van der Waals surface area (Å²) in [6.45, 7) is 7.95. The smallest absolute Gasteiger partial charge is 0.290 e. The summed E-state index contributed by atoms with van der Waals surface area (Å²) in [4.78, 5) is 76.5. The maximum absolute atomic E-state index is 13.2. The molecule has 0 spiro atoms. The summed E-state index contributed by atoms with van der Waals surface area (Å²) in [5, 5.41) is 10.2. The Labute approximate surface area is 246 Å². The summed E-state index contributed by atoms with van der Waals surface area (Å²) in [5.74, 6) is -4.45. The molecule has 11 heteroatoms. The number of hydrogen-bond donors (Lipinski definition) is 5. The van der Waals surface area contributed by atoms with E-state index in [1.807, 2.05) is 44.2 Å². The van der Waals surface area contributed by atoms with E-state index in [4.69, 9.17) is 5.73 Å². The van der Waals surface area contributed by atoms with Crippen LogP contribution in [0.5, 0.6) is 0 Å². The van der Waals surface area contributed by atoms with E-state index in [-0.39, 0.29) is 31.1 Å². The van der Waals surface area contributed by atoms with Gasteiger partial charge in [-0.15, -0.1) is 0 Å². The molecule has 0 radical (unpaired) electrons. The lowest BCUT2D eigenvalue weighted by molar-refractivity contribution is -0.141. The predicted octanol–water partition coefficient (Wildman–Crippen LogP) is 0.941. The number of carbonyl (C=O) groups excluding carboxylic acids is 6. The van der Waals surface area contributed by atoms with Crippen LogP contribution in [-0.2, 0) is 41.6 Å². The lowest BCUT2D eigenvalue weighted by Gasteiger charge is -2.26. The van der Waals surface area contributed by atoms with Crippen molar-refractivity contribution in [2.45, 2.75) is 77.5 Å². The van der Waals surface area contributed by atoms with Gasteiger partial charge in [0.2, 0.25) is 29.4 Å². The molecule has 0 bridgehead atoms. The zero-order valence-electron chi connectivity index (χ0n) is 24.7. The highest BCUT2D eigenvalue weighted by Crippen LogP contribution is 2.09. The largest absolute Gasteiger partial charge is 0.368 e. The molecule has 2 rings (SSSR count). The van der Waals surface area contributed by atoms with Crippen LogP contribution in [-0.4, -0.2) is 59.0 Å². The Bertz CT molecular complexity index is 1260. The van der Waals surface area contributed by atoms with Crippen molar-refractivity contribution in [1.29, 1.82) is 0 Å². The summed E-state index contributed by atoms with van der Waals surface area (Å²) in [7, 11) is 0. The fraction of sp³-hybridized carbons (Fsp3) is 0.419. The molecule has 0 aromatic heterocycles. The molecule has 2 aromatic carbocycles. The first-order valence-corrected chi connectivity index (χ1v) is 13.8. The van der Waals surface area contributed by atoms with Crippen LogP contribution in [0.1, 0.15) is 52.2 Å². The summed E-state index contributed by atoms with van der Waals surface area (Å²) in [6.07, 6.45) is 0.424. The van der Waals surface area contributed by atoms with Crippen LogP contribution < -0.4 is 27.0 Å². The first-order chi connectivity index (χ1) is 19.7. The van der Waals surface area contributed by atoms with E-state index in [9.17, 15) is 28.8 Å². The number of primary amides is 1.